The van der Waals surface area contributed by atoms with Crippen molar-refractivity contribution < 1.29 is 9.59 Å². The quantitative estimate of drug-likeness (QED) is 0.583. The third-order valence-electron chi connectivity index (χ3n) is 6.22. The lowest BCUT2D eigenvalue weighted by Gasteiger charge is -2.26. The Bertz CT molecular complexity index is 1210. The highest BCUT2D eigenvalue weighted by molar-refractivity contribution is 5.97. The molecular formula is C26H30N4O3. The fraction of sp³-hybridized carbons (Fsp3) is 0.385. The molecule has 0 unspecified atom stereocenters. The molecule has 0 spiro atoms. The van der Waals surface area contributed by atoms with Gasteiger partial charge in [0.15, 0.2) is 0 Å². The summed E-state index contributed by atoms with van der Waals surface area (Å²) in [6, 6.07) is 14.1. The van der Waals surface area contributed by atoms with Gasteiger partial charge in [0.05, 0.1) is 17.4 Å². The number of amides is 2. The van der Waals surface area contributed by atoms with Crippen molar-refractivity contribution in [1.29, 1.82) is 0 Å². The van der Waals surface area contributed by atoms with Crippen molar-refractivity contribution in [3.63, 3.8) is 0 Å². The molecule has 2 N–H and O–H groups in total. The molecule has 1 aromatic heterocycles. The summed E-state index contributed by atoms with van der Waals surface area (Å²) < 4.78 is 0. The summed E-state index contributed by atoms with van der Waals surface area (Å²) >= 11 is 0. The number of aromatic nitrogens is 2. The van der Waals surface area contributed by atoms with E-state index in [0.29, 0.717) is 28.0 Å². The highest BCUT2D eigenvalue weighted by atomic mass is 16.2. The van der Waals surface area contributed by atoms with Gasteiger partial charge in [-0.05, 0) is 57.0 Å². The van der Waals surface area contributed by atoms with Crippen LogP contribution in [-0.2, 0) is 11.3 Å². The van der Waals surface area contributed by atoms with Crippen molar-refractivity contribution in [3.8, 4) is 0 Å². The van der Waals surface area contributed by atoms with Gasteiger partial charge < -0.3 is 15.2 Å². The van der Waals surface area contributed by atoms with Gasteiger partial charge in [-0.1, -0.05) is 37.5 Å². The van der Waals surface area contributed by atoms with E-state index in [4.69, 9.17) is 0 Å². The molecule has 1 heterocycles. The summed E-state index contributed by atoms with van der Waals surface area (Å²) in [7, 11) is 0. The van der Waals surface area contributed by atoms with Crippen LogP contribution in [-0.4, -0.2) is 32.7 Å². The maximum atomic E-state index is 13.4. The van der Waals surface area contributed by atoms with Crippen LogP contribution in [0.5, 0.6) is 0 Å². The lowest BCUT2D eigenvalue weighted by molar-refractivity contribution is -0.120. The summed E-state index contributed by atoms with van der Waals surface area (Å²) in [6.45, 7) is 4.02. The van der Waals surface area contributed by atoms with Gasteiger partial charge in [0, 0.05) is 23.2 Å². The number of nitrogens with one attached hydrogen (secondary N) is 2. The Morgan fingerprint density at radius 2 is 1.85 bits per heavy atom. The van der Waals surface area contributed by atoms with Gasteiger partial charge in [0.25, 0.3) is 11.5 Å². The number of H-pyrrole nitrogens is 1. The van der Waals surface area contributed by atoms with E-state index >= 15 is 0 Å². The van der Waals surface area contributed by atoms with Gasteiger partial charge in [-0.3, -0.25) is 14.4 Å². The first-order chi connectivity index (χ1) is 15.9. The molecule has 1 aliphatic rings. The average molecular weight is 447 g/mol. The molecule has 172 valence electrons. The summed E-state index contributed by atoms with van der Waals surface area (Å²) in [5.74, 6) is 0.316. The van der Waals surface area contributed by atoms with Gasteiger partial charge in [-0.15, -0.1) is 0 Å². The normalized spacial score (nSPS) is 14.4. The number of benzene rings is 2. The van der Waals surface area contributed by atoms with Gasteiger partial charge in [0.2, 0.25) is 5.91 Å². The summed E-state index contributed by atoms with van der Waals surface area (Å²) in [5, 5.41) is 3.50. The number of para-hydroxylation sites is 1. The van der Waals surface area contributed by atoms with Crippen LogP contribution in [0.25, 0.3) is 10.9 Å². The molecule has 2 aromatic carbocycles. The van der Waals surface area contributed by atoms with E-state index in [1.54, 1.807) is 47.4 Å². The zero-order chi connectivity index (χ0) is 23.4. The van der Waals surface area contributed by atoms with Crippen molar-refractivity contribution in [2.45, 2.75) is 58.5 Å². The van der Waals surface area contributed by atoms with Crippen LogP contribution in [0.1, 0.15) is 62.1 Å². The summed E-state index contributed by atoms with van der Waals surface area (Å²) in [5.41, 5.74) is 1.48. The molecule has 0 atom stereocenters. The maximum Gasteiger partial charge on any atom is 0.258 e. The number of anilines is 1. The van der Waals surface area contributed by atoms with Crippen LogP contribution >= 0.6 is 0 Å². The number of fused-ring (bicyclic) bond motifs is 1. The van der Waals surface area contributed by atoms with Crippen LogP contribution in [0.3, 0.4) is 0 Å². The second kappa shape index (κ2) is 9.98. The largest absolute Gasteiger partial charge is 0.329 e. The number of nitrogens with zero attached hydrogens (tertiary/aromatic N) is 2. The van der Waals surface area contributed by atoms with Gasteiger partial charge in [0.1, 0.15) is 5.82 Å². The number of hydrogen-bond acceptors (Lipinski definition) is 4. The third-order valence-corrected chi connectivity index (χ3v) is 6.22. The van der Waals surface area contributed by atoms with Crippen molar-refractivity contribution in [3.05, 3.63) is 70.3 Å². The van der Waals surface area contributed by atoms with Gasteiger partial charge in [-0.2, -0.15) is 0 Å². The molecule has 0 radical (unpaired) electrons. The number of carbonyl (C=O) groups is 2. The van der Waals surface area contributed by atoms with E-state index in [2.05, 4.69) is 15.3 Å². The average Bonchev–Trinajstić information content (AvgIpc) is 2.83. The lowest BCUT2D eigenvalue weighted by Crippen LogP contribution is -2.37. The Morgan fingerprint density at radius 1 is 1.09 bits per heavy atom. The molecule has 3 aromatic rings. The Hall–Kier alpha value is -3.48. The first kappa shape index (κ1) is 22.7. The molecule has 7 heteroatoms. The Balaban J connectivity index is 1.53. The fourth-order valence-electron chi connectivity index (χ4n) is 4.36. The smallest absolute Gasteiger partial charge is 0.258 e. The Labute approximate surface area is 193 Å². The number of aromatic amines is 1. The van der Waals surface area contributed by atoms with E-state index in [1.165, 1.54) is 6.42 Å². The van der Waals surface area contributed by atoms with Crippen LogP contribution < -0.4 is 10.9 Å². The number of hydrogen-bond donors (Lipinski definition) is 2. The molecule has 1 fully saturated rings. The molecule has 1 saturated carbocycles. The highest BCUT2D eigenvalue weighted by Gasteiger charge is 2.23. The molecule has 0 aliphatic heterocycles. The molecule has 33 heavy (non-hydrogen) atoms. The van der Waals surface area contributed by atoms with Crippen LogP contribution in [0.15, 0.2) is 53.3 Å². The van der Waals surface area contributed by atoms with Crippen molar-refractivity contribution in [2.75, 3.05) is 5.32 Å². The molecule has 4 rings (SSSR count). The first-order valence-corrected chi connectivity index (χ1v) is 11.6. The van der Waals surface area contributed by atoms with Crippen LogP contribution in [0.2, 0.25) is 0 Å². The number of rotatable bonds is 6. The zero-order valence-corrected chi connectivity index (χ0v) is 19.1. The second-order valence-electron chi connectivity index (χ2n) is 8.96. The van der Waals surface area contributed by atoms with Crippen molar-refractivity contribution >= 4 is 28.4 Å². The van der Waals surface area contributed by atoms with E-state index in [9.17, 15) is 14.4 Å². The Kier molecular flexibility index (Phi) is 6.87. The standard InChI is InChI=1S/C26H30N4O3/c1-17(2)30(16-23-28-22-14-7-6-13-21(22)25(32)29-23)26(33)19-11-8-12-20(15-19)27-24(31)18-9-4-3-5-10-18/h6-8,11-15,17-18H,3-5,9-10,16H2,1-2H3,(H,27,31)(H,28,29,32). The minimum absolute atomic E-state index is 0.0259. The predicted octanol–water partition coefficient (Wildman–Crippen LogP) is 4.49. The van der Waals surface area contributed by atoms with E-state index in [1.807, 2.05) is 19.9 Å². The number of carbonyl (C=O) groups excluding carboxylic acids is 2. The lowest BCUT2D eigenvalue weighted by atomic mass is 9.88. The molecular weight excluding hydrogens is 416 g/mol. The summed E-state index contributed by atoms with van der Waals surface area (Å²) in [6.07, 6.45) is 5.21. The topological polar surface area (TPSA) is 95.2 Å². The van der Waals surface area contributed by atoms with Crippen LogP contribution in [0, 0.1) is 5.92 Å². The highest BCUT2D eigenvalue weighted by Crippen LogP contribution is 2.25. The molecule has 7 nitrogen and oxygen atoms in total. The van der Waals surface area contributed by atoms with E-state index in [-0.39, 0.29) is 35.9 Å². The SMILES string of the molecule is CC(C)N(Cc1nc2ccccc2c(=O)[nH]1)C(=O)c1cccc(NC(=O)C2CCCCC2)c1. The van der Waals surface area contributed by atoms with Gasteiger partial charge in [-0.25, -0.2) is 4.98 Å². The van der Waals surface area contributed by atoms with E-state index < -0.39 is 0 Å². The second-order valence-corrected chi connectivity index (χ2v) is 8.96. The van der Waals surface area contributed by atoms with Gasteiger partial charge >= 0.3 is 0 Å². The fourth-order valence-corrected chi connectivity index (χ4v) is 4.36. The minimum Gasteiger partial charge on any atom is -0.329 e. The third kappa shape index (κ3) is 5.30. The minimum atomic E-state index is -0.223. The predicted molar refractivity (Wildman–Crippen MR) is 129 cm³/mol. The zero-order valence-electron chi connectivity index (χ0n) is 19.1. The molecule has 0 saturated heterocycles. The molecule has 1 aliphatic carbocycles. The monoisotopic (exact) mass is 446 g/mol. The van der Waals surface area contributed by atoms with Crippen LogP contribution in [0.4, 0.5) is 5.69 Å². The Morgan fingerprint density at radius 3 is 2.61 bits per heavy atom. The first-order valence-electron chi connectivity index (χ1n) is 11.6. The molecule has 2 amide bonds. The maximum absolute atomic E-state index is 13.4. The van der Waals surface area contributed by atoms with E-state index in [0.717, 1.165) is 25.7 Å². The van der Waals surface area contributed by atoms with Crippen molar-refractivity contribution in [2.24, 2.45) is 5.92 Å². The summed E-state index contributed by atoms with van der Waals surface area (Å²) in [4.78, 5) is 47.4. The molecule has 0 bridgehead atoms. The van der Waals surface area contributed by atoms with Crippen molar-refractivity contribution in [1.82, 2.24) is 14.9 Å².